The zero-order valence-electron chi connectivity index (χ0n) is 18.3. The van der Waals surface area contributed by atoms with Crippen molar-refractivity contribution in [1.29, 1.82) is 0 Å². The van der Waals surface area contributed by atoms with Crippen LogP contribution in [0, 0.1) is 5.82 Å². The summed E-state index contributed by atoms with van der Waals surface area (Å²) in [5.74, 6) is 0.0369. The van der Waals surface area contributed by atoms with E-state index in [2.05, 4.69) is 27.2 Å². The van der Waals surface area contributed by atoms with Gasteiger partial charge in [0.2, 0.25) is 0 Å². The van der Waals surface area contributed by atoms with E-state index in [0.717, 1.165) is 6.42 Å². The van der Waals surface area contributed by atoms with Gasteiger partial charge in [0, 0.05) is 29.1 Å². The molecule has 3 atom stereocenters. The van der Waals surface area contributed by atoms with Gasteiger partial charge in [0.05, 0.1) is 35.5 Å². The van der Waals surface area contributed by atoms with Crippen molar-refractivity contribution in [3.8, 4) is 5.75 Å². The molecular formula is C24H22ClFN4O4. The fourth-order valence-corrected chi connectivity index (χ4v) is 3.94. The first-order valence-corrected chi connectivity index (χ1v) is 11.2. The molecule has 34 heavy (non-hydrogen) atoms. The van der Waals surface area contributed by atoms with Gasteiger partial charge in [0.1, 0.15) is 35.9 Å². The summed E-state index contributed by atoms with van der Waals surface area (Å²) in [6.45, 7) is 6.83. The second-order valence-electron chi connectivity index (χ2n) is 8.19. The Morgan fingerprint density at radius 2 is 2.12 bits per heavy atom. The highest BCUT2D eigenvalue weighted by Crippen LogP contribution is 2.36. The zero-order chi connectivity index (χ0) is 23.8. The molecule has 2 saturated heterocycles. The predicted octanol–water partition coefficient (Wildman–Crippen LogP) is 4.62. The van der Waals surface area contributed by atoms with E-state index in [1.165, 1.54) is 18.5 Å². The van der Waals surface area contributed by atoms with Crippen LogP contribution in [0.1, 0.15) is 13.3 Å². The number of hydrogen-bond donors (Lipinski definition) is 2. The number of anilines is 3. The predicted molar refractivity (Wildman–Crippen MR) is 126 cm³/mol. The van der Waals surface area contributed by atoms with E-state index >= 15 is 0 Å². The number of epoxide rings is 1. The van der Waals surface area contributed by atoms with Crippen molar-refractivity contribution in [2.45, 2.75) is 31.7 Å². The lowest BCUT2D eigenvalue weighted by Crippen LogP contribution is -2.20. The summed E-state index contributed by atoms with van der Waals surface area (Å²) in [6, 6.07) is 7.76. The average molecular weight is 485 g/mol. The van der Waals surface area contributed by atoms with Gasteiger partial charge in [-0.25, -0.2) is 14.4 Å². The van der Waals surface area contributed by atoms with Crippen molar-refractivity contribution in [3.05, 3.63) is 59.7 Å². The van der Waals surface area contributed by atoms with Gasteiger partial charge in [-0.3, -0.25) is 4.79 Å². The first-order chi connectivity index (χ1) is 16.4. The number of benzene rings is 2. The van der Waals surface area contributed by atoms with Gasteiger partial charge in [-0.15, -0.1) is 0 Å². The quantitative estimate of drug-likeness (QED) is 0.373. The van der Waals surface area contributed by atoms with Gasteiger partial charge in [-0.1, -0.05) is 18.2 Å². The Bertz CT molecular complexity index is 1280. The minimum absolute atomic E-state index is 0.0131. The normalized spacial score (nSPS) is 21.3. The lowest BCUT2D eigenvalue weighted by molar-refractivity contribution is -0.113. The Hall–Kier alpha value is -3.27. The van der Waals surface area contributed by atoms with Crippen molar-refractivity contribution >= 4 is 45.6 Å². The van der Waals surface area contributed by atoms with Crippen LogP contribution in [0.5, 0.6) is 5.75 Å². The smallest absolute Gasteiger partial charge is 0.253 e. The number of halogens is 2. The second kappa shape index (κ2) is 9.17. The van der Waals surface area contributed by atoms with Gasteiger partial charge in [-0.2, -0.15) is 0 Å². The maximum Gasteiger partial charge on any atom is 0.253 e. The average Bonchev–Trinajstić information content (AvgIpc) is 3.32. The van der Waals surface area contributed by atoms with Crippen LogP contribution in [0.15, 0.2) is 48.8 Å². The number of aromatic nitrogens is 2. The number of amides is 1. The van der Waals surface area contributed by atoms with Crippen LogP contribution < -0.4 is 15.4 Å². The third-order valence-electron chi connectivity index (χ3n) is 5.69. The standard InChI is InChI=1S/C24H22ClFN4O4/c1-12(22-13(2)33-22)24(31)30-20-8-16-19(9-21(20)34-15-5-6-32-10-15)27-11-28-23(16)29-14-3-4-18(26)17(25)7-14/h3-4,7-9,11,13,15,22H,1,5-6,10H2,2H3,(H,30,31)(H,27,28,29)/t13?,15-,22?/m0/s1. The lowest BCUT2D eigenvalue weighted by Gasteiger charge is -2.18. The second-order valence-corrected chi connectivity index (χ2v) is 8.59. The van der Waals surface area contributed by atoms with E-state index < -0.39 is 5.82 Å². The molecule has 3 heterocycles. The molecular weight excluding hydrogens is 463 g/mol. The molecule has 0 radical (unpaired) electrons. The number of rotatable bonds is 7. The molecule has 176 valence electrons. The summed E-state index contributed by atoms with van der Waals surface area (Å²) >= 11 is 5.91. The largest absolute Gasteiger partial charge is 0.486 e. The van der Waals surface area contributed by atoms with E-state index in [9.17, 15) is 9.18 Å². The SMILES string of the molecule is C=C(C(=O)Nc1cc2c(Nc3ccc(F)c(Cl)c3)ncnc2cc1O[C@H]1CCOC1)C1OC1C. The van der Waals surface area contributed by atoms with E-state index in [-0.39, 0.29) is 29.2 Å². The van der Waals surface area contributed by atoms with Crippen molar-refractivity contribution in [1.82, 2.24) is 9.97 Å². The number of fused-ring (bicyclic) bond motifs is 1. The molecule has 0 spiro atoms. The molecule has 2 N–H and O–H groups in total. The molecule has 2 unspecified atom stereocenters. The van der Waals surface area contributed by atoms with Crippen LogP contribution in [0.25, 0.3) is 10.9 Å². The number of carbonyl (C=O) groups excluding carboxylic acids is 1. The molecule has 5 rings (SSSR count). The summed E-state index contributed by atoms with van der Waals surface area (Å²) in [7, 11) is 0. The van der Waals surface area contributed by atoms with E-state index in [1.807, 2.05) is 6.92 Å². The lowest BCUT2D eigenvalue weighted by atomic mass is 10.1. The third-order valence-corrected chi connectivity index (χ3v) is 5.98. The van der Waals surface area contributed by atoms with Crippen LogP contribution >= 0.6 is 11.6 Å². The Morgan fingerprint density at radius 1 is 1.29 bits per heavy atom. The summed E-state index contributed by atoms with van der Waals surface area (Å²) in [4.78, 5) is 21.5. The topological polar surface area (TPSA) is 97.9 Å². The highest BCUT2D eigenvalue weighted by atomic mass is 35.5. The highest BCUT2D eigenvalue weighted by molar-refractivity contribution is 6.31. The number of nitrogens with zero attached hydrogens (tertiary/aromatic N) is 2. The zero-order valence-corrected chi connectivity index (χ0v) is 19.1. The molecule has 0 saturated carbocycles. The Labute approximate surface area is 200 Å². The summed E-state index contributed by atoms with van der Waals surface area (Å²) in [5.41, 5.74) is 1.92. The molecule has 10 heteroatoms. The van der Waals surface area contributed by atoms with Crippen molar-refractivity contribution in [2.75, 3.05) is 23.8 Å². The summed E-state index contributed by atoms with van der Waals surface area (Å²) in [5, 5.41) is 6.63. The number of carbonyl (C=O) groups is 1. The number of hydrogen-bond acceptors (Lipinski definition) is 7. The first-order valence-electron chi connectivity index (χ1n) is 10.8. The van der Waals surface area contributed by atoms with Gasteiger partial charge in [-0.05, 0) is 31.2 Å². The number of ether oxygens (including phenoxy) is 3. The van der Waals surface area contributed by atoms with Gasteiger partial charge >= 0.3 is 0 Å². The van der Waals surface area contributed by atoms with E-state index in [4.69, 9.17) is 25.8 Å². The Morgan fingerprint density at radius 3 is 2.82 bits per heavy atom. The van der Waals surface area contributed by atoms with Gasteiger partial charge < -0.3 is 24.8 Å². The van der Waals surface area contributed by atoms with Crippen molar-refractivity contribution in [2.24, 2.45) is 0 Å². The maximum atomic E-state index is 13.6. The Kier molecular flexibility index (Phi) is 6.07. The molecule has 0 bridgehead atoms. The molecule has 2 aliphatic rings. The molecule has 2 aliphatic heterocycles. The minimum atomic E-state index is -0.517. The molecule has 2 fully saturated rings. The van der Waals surface area contributed by atoms with Crippen LogP contribution in [0.3, 0.4) is 0 Å². The molecule has 3 aromatic rings. The van der Waals surface area contributed by atoms with E-state index in [0.29, 0.717) is 52.6 Å². The fourth-order valence-electron chi connectivity index (χ4n) is 3.76. The number of nitrogens with one attached hydrogen (secondary N) is 2. The van der Waals surface area contributed by atoms with Crippen LogP contribution in [0.2, 0.25) is 5.02 Å². The molecule has 0 aliphatic carbocycles. The first kappa shape index (κ1) is 22.5. The van der Waals surface area contributed by atoms with E-state index in [1.54, 1.807) is 18.2 Å². The van der Waals surface area contributed by atoms with Crippen molar-refractivity contribution < 1.29 is 23.4 Å². The van der Waals surface area contributed by atoms with Gasteiger partial charge in [0.25, 0.3) is 5.91 Å². The molecule has 1 aromatic heterocycles. The Balaban J connectivity index is 1.50. The molecule has 1 amide bonds. The summed E-state index contributed by atoms with van der Waals surface area (Å²) < 4.78 is 30.5. The summed E-state index contributed by atoms with van der Waals surface area (Å²) in [6.07, 6.45) is 1.69. The molecule has 8 nitrogen and oxygen atoms in total. The monoisotopic (exact) mass is 484 g/mol. The van der Waals surface area contributed by atoms with Crippen LogP contribution in [-0.4, -0.2) is 47.4 Å². The van der Waals surface area contributed by atoms with Crippen LogP contribution in [0.4, 0.5) is 21.6 Å². The van der Waals surface area contributed by atoms with Gasteiger partial charge in [0.15, 0.2) is 0 Å². The minimum Gasteiger partial charge on any atom is -0.486 e. The fraction of sp³-hybridized carbons (Fsp3) is 0.292. The maximum absolute atomic E-state index is 13.6. The molecule has 2 aromatic carbocycles. The van der Waals surface area contributed by atoms with Crippen molar-refractivity contribution in [3.63, 3.8) is 0 Å². The third kappa shape index (κ3) is 4.68. The highest BCUT2D eigenvalue weighted by Gasteiger charge is 2.39. The van der Waals surface area contributed by atoms with Crippen LogP contribution in [-0.2, 0) is 14.3 Å².